The fraction of sp³-hybridized carbons (Fsp3) is 0.216. The molecule has 0 amide bonds. The van der Waals surface area contributed by atoms with Gasteiger partial charge in [0.25, 0.3) is 0 Å². The van der Waals surface area contributed by atoms with Crippen molar-refractivity contribution in [3.63, 3.8) is 0 Å². The Labute approximate surface area is 315 Å². The van der Waals surface area contributed by atoms with Gasteiger partial charge in [-0.25, -0.2) is 0 Å². The van der Waals surface area contributed by atoms with Gasteiger partial charge < -0.3 is 0 Å². The first kappa shape index (κ1) is 33.5. The summed E-state index contributed by atoms with van der Waals surface area (Å²) in [4.78, 5) is 0. The van der Waals surface area contributed by atoms with E-state index in [4.69, 9.17) is 0 Å². The van der Waals surface area contributed by atoms with Gasteiger partial charge in [-0.15, -0.1) is 0 Å². The van der Waals surface area contributed by atoms with Gasteiger partial charge >= 0.3 is 317 Å². The van der Waals surface area contributed by atoms with Crippen molar-refractivity contribution in [1.29, 1.82) is 0 Å². The van der Waals surface area contributed by atoms with Crippen molar-refractivity contribution in [3.05, 3.63) is 200 Å². The Morgan fingerprint density at radius 2 is 0.846 bits per heavy atom. The number of allylic oxidation sites excluding steroid dienone is 2. The normalized spacial score (nSPS) is 18.9. The molecule has 0 spiro atoms. The zero-order chi connectivity index (χ0) is 35.8. The molecule has 1 aliphatic heterocycles. The quantitative estimate of drug-likeness (QED) is 0.147. The summed E-state index contributed by atoms with van der Waals surface area (Å²) < 4.78 is 6.45. The summed E-state index contributed by atoms with van der Waals surface area (Å²) >= 11 is -3.39. The third-order valence-electron chi connectivity index (χ3n) is 12.8. The van der Waals surface area contributed by atoms with Crippen molar-refractivity contribution in [2.24, 2.45) is 0 Å². The minimum atomic E-state index is -3.39. The number of fused-ring (bicyclic) bond motifs is 6. The van der Waals surface area contributed by atoms with E-state index in [0.717, 1.165) is 12.8 Å². The van der Waals surface area contributed by atoms with Gasteiger partial charge in [0.1, 0.15) is 0 Å². The third kappa shape index (κ3) is 4.81. The van der Waals surface area contributed by atoms with Crippen LogP contribution in [0.15, 0.2) is 145 Å². The van der Waals surface area contributed by atoms with Crippen molar-refractivity contribution in [3.8, 4) is 22.3 Å². The molecule has 0 nitrogen and oxygen atoms in total. The summed E-state index contributed by atoms with van der Waals surface area (Å²) in [5.74, 6) is 0. The van der Waals surface area contributed by atoms with Gasteiger partial charge in [0.2, 0.25) is 0 Å². The molecule has 1 heterocycles. The van der Waals surface area contributed by atoms with Crippen molar-refractivity contribution < 1.29 is 20.0 Å². The maximum absolute atomic E-state index is 3.39. The zero-order valence-electron chi connectivity index (χ0n) is 31.4. The first-order valence-corrected chi connectivity index (χ1v) is 30.6. The van der Waals surface area contributed by atoms with E-state index in [2.05, 4.69) is 183 Å². The van der Waals surface area contributed by atoms with Gasteiger partial charge in [0, 0.05) is 0 Å². The molecule has 256 valence electrons. The molecule has 0 bridgehead atoms. The van der Waals surface area contributed by atoms with Crippen LogP contribution in [0.2, 0.25) is 9.36 Å². The third-order valence-corrected chi connectivity index (χ3v) is 28.0. The van der Waals surface area contributed by atoms with E-state index in [0.29, 0.717) is 7.35 Å². The molecule has 2 unspecified atom stereocenters. The van der Waals surface area contributed by atoms with E-state index in [1.54, 1.807) is 22.3 Å². The Bertz CT molecular complexity index is 2250. The van der Waals surface area contributed by atoms with E-state index in [-0.39, 0.29) is 0 Å². The SMILES string of the molecule is CCc1ccccc1-c1cccc2c1C=C1[CH]2[Hf]([CH3])([CH3])[CH]2C(=Cc3c(-c4ccccc4CC)cccc32)C1(c1ccc(C)cc1)c1ccc(C)cc1. The molecule has 2 atom stereocenters. The molecule has 1 fully saturated rings. The van der Waals surface area contributed by atoms with Crippen LogP contribution in [0.25, 0.3) is 34.4 Å². The molecule has 52 heavy (non-hydrogen) atoms. The predicted octanol–water partition coefficient (Wildman–Crippen LogP) is 13.6. The number of hydrogen-bond donors (Lipinski definition) is 0. The molecule has 9 rings (SSSR count). The summed E-state index contributed by atoms with van der Waals surface area (Å²) in [6.07, 6.45) is 7.43. The number of hydrogen-bond acceptors (Lipinski definition) is 0. The van der Waals surface area contributed by atoms with Crippen molar-refractivity contribution in [2.45, 2.75) is 62.7 Å². The van der Waals surface area contributed by atoms with E-state index in [1.807, 2.05) is 0 Å². The summed E-state index contributed by atoms with van der Waals surface area (Å²) in [6.45, 7) is 9.02. The van der Waals surface area contributed by atoms with Crippen LogP contribution in [0.4, 0.5) is 0 Å². The standard InChI is InChI=1S/C49H42.2CH3.Hf/c1-5-35-13-7-9-17-43(35)45-19-11-15-37-29-41(31-47(37)45)49(39-25-21-33(3)22-26-39,40-27-23-34(4)24-28-40)42-30-38-16-12-20-46(48(38)32-42)44-18-10-8-14-36(44)6-2;;;/h7-32H,5-6H2,1-4H3;2*1H3;. The second-order valence-electron chi connectivity index (χ2n) is 16.0. The molecular weight excluding hydrogens is 791 g/mol. The Morgan fingerprint density at radius 3 is 1.25 bits per heavy atom. The Morgan fingerprint density at radius 1 is 0.462 bits per heavy atom. The molecule has 6 aromatic carbocycles. The summed E-state index contributed by atoms with van der Waals surface area (Å²) in [5.41, 5.74) is 22.6. The van der Waals surface area contributed by atoms with Crippen LogP contribution in [0.3, 0.4) is 0 Å². The maximum atomic E-state index is 2.78. The summed E-state index contributed by atoms with van der Waals surface area (Å²) in [7, 11) is 0. The van der Waals surface area contributed by atoms with Crippen LogP contribution in [-0.2, 0) is 38.2 Å². The van der Waals surface area contributed by atoms with Gasteiger partial charge in [-0.3, -0.25) is 0 Å². The van der Waals surface area contributed by atoms with Crippen LogP contribution in [0, 0.1) is 13.8 Å². The van der Waals surface area contributed by atoms with Crippen LogP contribution in [-0.4, -0.2) is 0 Å². The Hall–Kier alpha value is -4.33. The molecule has 1 heteroatoms. The molecule has 0 N–H and O–H groups in total. The Balaban J connectivity index is 1.41. The molecule has 6 aromatic rings. The van der Waals surface area contributed by atoms with Gasteiger partial charge in [-0.2, -0.15) is 0 Å². The molecular formula is C51H48Hf. The van der Waals surface area contributed by atoms with E-state index in [9.17, 15) is 0 Å². The first-order chi connectivity index (χ1) is 25.3. The monoisotopic (exact) mass is 840 g/mol. The molecule has 2 aliphatic carbocycles. The van der Waals surface area contributed by atoms with Crippen molar-refractivity contribution in [2.75, 3.05) is 0 Å². The molecule has 0 radical (unpaired) electrons. The fourth-order valence-corrected chi connectivity index (χ4v) is 27.2. The van der Waals surface area contributed by atoms with Crippen LogP contribution in [0.5, 0.6) is 0 Å². The summed E-state index contributed by atoms with van der Waals surface area (Å²) in [6, 6.07) is 51.8. The molecule has 0 aromatic heterocycles. The number of rotatable bonds is 6. The van der Waals surface area contributed by atoms with Crippen molar-refractivity contribution >= 4 is 12.2 Å². The second kappa shape index (κ2) is 12.7. The van der Waals surface area contributed by atoms with E-state index >= 15 is 0 Å². The number of aryl methyl sites for hydroxylation is 4. The predicted molar refractivity (Wildman–Crippen MR) is 219 cm³/mol. The van der Waals surface area contributed by atoms with Crippen LogP contribution >= 0.6 is 0 Å². The first-order valence-electron chi connectivity index (χ1n) is 19.3. The minimum absolute atomic E-state index is 0.395. The second-order valence-corrected chi connectivity index (χ2v) is 33.2. The molecule has 3 aliphatic rings. The van der Waals surface area contributed by atoms with Crippen LogP contribution in [0.1, 0.15) is 76.8 Å². The van der Waals surface area contributed by atoms with Gasteiger partial charge in [0.05, 0.1) is 0 Å². The average Bonchev–Trinajstić information content (AvgIpc) is 3.78. The van der Waals surface area contributed by atoms with Crippen LogP contribution < -0.4 is 0 Å². The average molecular weight is 839 g/mol. The molecule has 0 saturated carbocycles. The number of benzene rings is 6. The Kier molecular flexibility index (Phi) is 8.16. The van der Waals surface area contributed by atoms with Gasteiger partial charge in [0.15, 0.2) is 0 Å². The fourth-order valence-electron chi connectivity index (χ4n) is 10.5. The van der Waals surface area contributed by atoms with Gasteiger partial charge in [-0.05, 0) is 0 Å². The van der Waals surface area contributed by atoms with Crippen molar-refractivity contribution in [1.82, 2.24) is 0 Å². The topological polar surface area (TPSA) is 0 Å². The zero-order valence-corrected chi connectivity index (χ0v) is 35.0. The molecule has 1 saturated heterocycles. The van der Waals surface area contributed by atoms with E-state index < -0.39 is 25.4 Å². The van der Waals surface area contributed by atoms with E-state index in [1.165, 1.54) is 66.8 Å². The summed E-state index contributed by atoms with van der Waals surface area (Å²) in [5, 5.41) is 0. The van der Waals surface area contributed by atoms with Gasteiger partial charge in [-0.1, -0.05) is 0 Å².